The number of carbonyl (C=O) groups excluding carboxylic acids is 3. The normalized spacial score (nSPS) is 18.0. The van der Waals surface area contributed by atoms with Gasteiger partial charge in [-0.1, -0.05) is 12.1 Å². The van der Waals surface area contributed by atoms with E-state index in [0.717, 1.165) is 0 Å². The van der Waals surface area contributed by atoms with Gasteiger partial charge in [0.1, 0.15) is 17.8 Å². The number of carboxylic acids is 1. The van der Waals surface area contributed by atoms with Crippen LogP contribution in [0.15, 0.2) is 24.3 Å². The maximum atomic E-state index is 12.4. The van der Waals surface area contributed by atoms with Gasteiger partial charge in [-0.05, 0) is 37.5 Å². The highest BCUT2D eigenvalue weighted by Crippen LogP contribution is 2.18. The Balaban J connectivity index is 1.88. The van der Waals surface area contributed by atoms with Gasteiger partial charge in [0.05, 0.1) is 12.6 Å². The number of carbonyl (C=O) groups is 4. The number of aliphatic carboxylic acids is 1. The monoisotopic (exact) mass is 406 g/mol. The molecule has 158 valence electrons. The van der Waals surface area contributed by atoms with Crippen molar-refractivity contribution in [2.45, 2.75) is 44.3 Å². The van der Waals surface area contributed by atoms with Crippen LogP contribution in [-0.4, -0.2) is 70.0 Å². The lowest BCUT2D eigenvalue weighted by molar-refractivity contribution is -0.142. The number of phenolic OH excluding ortho intramolecular Hbond substituents is 1. The number of nitrogens with one attached hydrogen (secondary N) is 2. The summed E-state index contributed by atoms with van der Waals surface area (Å²) in [6.07, 6.45) is 1.16. The van der Waals surface area contributed by atoms with Crippen molar-refractivity contribution in [3.63, 3.8) is 0 Å². The molecule has 1 saturated heterocycles. The van der Waals surface area contributed by atoms with Gasteiger partial charge in [-0.25, -0.2) is 4.79 Å². The first-order valence-electron chi connectivity index (χ1n) is 9.33. The molecule has 0 spiro atoms. The van der Waals surface area contributed by atoms with Crippen LogP contribution >= 0.6 is 0 Å². The second kappa shape index (κ2) is 9.87. The molecule has 0 saturated carbocycles. The fourth-order valence-corrected chi connectivity index (χ4v) is 3.16. The number of rotatable bonds is 8. The minimum atomic E-state index is -1.22. The van der Waals surface area contributed by atoms with Crippen LogP contribution in [0.1, 0.15) is 25.3 Å². The third-order valence-corrected chi connectivity index (χ3v) is 4.66. The van der Waals surface area contributed by atoms with Gasteiger partial charge in [-0.3, -0.25) is 14.4 Å². The van der Waals surface area contributed by atoms with E-state index in [4.69, 9.17) is 5.73 Å². The van der Waals surface area contributed by atoms with E-state index in [1.807, 2.05) is 0 Å². The molecule has 0 radical (unpaired) electrons. The van der Waals surface area contributed by atoms with Crippen LogP contribution in [0.25, 0.3) is 0 Å². The van der Waals surface area contributed by atoms with Crippen LogP contribution in [0.3, 0.4) is 0 Å². The Morgan fingerprint density at radius 2 is 1.90 bits per heavy atom. The van der Waals surface area contributed by atoms with E-state index in [0.29, 0.717) is 24.9 Å². The smallest absolute Gasteiger partial charge is 0.326 e. The zero-order valence-electron chi connectivity index (χ0n) is 16.1. The SMILES string of the molecule is CC(N)C(=O)N1CCCC1C(=O)NCC(=O)NC(Cc1ccc(O)cc1)C(=O)O. The average Bonchev–Trinajstić information content (AvgIpc) is 3.16. The van der Waals surface area contributed by atoms with Crippen molar-refractivity contribution in [1.82, 2.24) is 15.5 Å². The number of likely N-dealkylation sites (tertiary alicyclic amines) is 1. The summed E-state index contributed by atoms with van der Waals surface area (Å²) in [5, 5.41) is 23.4. The third kappa shape index (κ3) is 6.18. The van der Waals surface area contributed by atoms with E-state index < -0.39 is 42.5 Å². The molecule has 1 fully saturated rings. The second-order valence-electron chi connectivity index (χ2n) is 7.03. The summed E-state index contributed by atoms with van der Waals surface area (Å²) in [6.45, 7) is 1.57. The van der Waals surface area contributed by atoms with E-state index in [1.165, 1.54) is 17.0 Å². The Hall–Kier alpha value is -3.14. The van der Waals surface area contributed by atoms with Crippen LogP contribution in [-0.2, 0) is 25.6 Å². The fraction of sp³-hybridized carbons (Fsp3) is 0.474. The molecule has 0 aromatic heterocycles. The number of aromatic hydroxyl groups is 1. The first-order valence-corrected chi connectivity index (χ1v) is 9.33. The molecule has 3 atom stereocenters. The lowest BCUT2D eigenvalue weighted by atomic mass is 10.1. The molecule has 1 aromatic rings. The Kier molecular flexibility index (Phi) is 7.54. The molecule has 29 heavy (non-hydrogen) atoms. The lowest BCUT2D eigenvalue weighted by Crippen LogP contribution is -2.52. The highest BCUT2D eigenvalue weighted by Gasteiger charge is 2.35. The standard InChI is InChI=1S/C19H26N4O6/c1-11(20)18(27)23-8-2-3-15(23)17(26)21-10-16(25)22-14(19(28)29)9-12-4-6-13(24)7-5-12/h4-7,11,14-15,24H,2-3,8-10,20H2,1H3,(H,21,26)(H,22,25)(H,28,29). The Morgan fingerprint density at radius 3 is 2.48 bits per heavy atom. The highest BCUT2D eigenvalue weighted by atomic mass is 16.4. The van der Waals surface area contributed by atoms with Crippen LogP contribution < -0.4 is 16.4 Å². The van der Waals surface area contributed by atoms with Gasteiger partial charge in [0, 0.05) is 13.0 Å². The number of hydrogen-bond donors (Lipinski definition) is 5. The van der Waals surface area contributed by atoms with Crippen LogP contribution in [0.4, 0.5) is 0 Å². The van der Waals surface area contributed by atoms with Crippen molar-refractivity contribution in [3.8, 4) is 5.75 Å². The highest BCUT2D eigenvalue weighted by molar-refractivity contribution is 5.92. The first kappa shape index (κ1) is 22.2. The summed E-state index contributed by atoms with van der Waals surface area (Å²) in [5.41, 5.74) is 6.22. The summed E-state index contributed by atoms with van der Waals surface area (Å²) in [7, 11) is 0. The number of phenols is 1. The zero-order chi connectivity index (χ0) is 21.6. The predicted molar refractivity (Wildman–Crippen MR) is 103 cm³/mol. The van der Waals surface area contributed by atoms with Crippen molar-refractivity contribution < 1.29 is 29.4 Å². The second-order valence-corrected chi connectivity index (χ2v) is 7.03. The number of nitrogens with zero attached hydrogens (tertiary/aromatic N) is 1. The van der Waals surface area contributed by atoms with Gasteiger partial charge < -0.3 is 31.5 Å². The Bertz CT molecular complexity index is 764. The number of benzene rings is 1. The largest absolute Gasteiger partial charge is 0.508 e. The number of hydrogen-bond acceptors (Lipinski definition) is 6. The van der Waals surface area contributed by atoms with Crippen molar-refractivity contribution >= 4 is 23.7 Å². The van der Waals surface area contributed by atoms with Gasteiger partial charge in [-0.15, -0.1) is 0 Å². The molecule has 1 aliphatic heterocycles. The van der Waals surface area contributed by atoms with E-state index in [-0.39, 0.29) is 18.1 Å². The fourth-order valence-electron chi connectivity index (χ4n) is 3.16. The van der Waals surface area contributed by atoms with Gasteiger partial charge in [0.25, 0.3) is 0 Å². The van der Waals surface area contributed by atoms with Gasteiger partial charge in [-0.2, -0.15) is 0 Å². The first-order chi connectivity index (χ1) is 13.7. The molecular formula is C19H26N4O6. The molecule has 3 amide bonds. The molecule has 3 unspecified atom stereocenters. The van der Waals surface area contributed by atoms with E-state index >= 15 is 0 Å². The summed E-state index contributed by atoms with van der Waals surface area (Å²) in [6, 6.07) is 3.37. The summed E-state index contributed by atoms with van der Waals surface area (Å²) < 4.78 is 0. The summed E-state index contributed by atoms with van der Waals surface area (Å²) >= 11 is 0. The number of nitrogens with two attached hydrogens (primary N) is 1. The molecule has 1 heterocycles. The zero-order valence-corrected chi connectivity index (χ0v) is 16.1. The molecule has 0 aliphatic carbocycles. The minimum Gasteiger partial charge on any atom is -0.508 e. The van der Waals surface area contributed by atoms with E-state index in [2.05, 4.69) is 10.6 Å². The molecule has 2 rings (SSSR count). The number of amides is 3. The molecule has 0 bridgehead atoms. The van der Waals surface area contributed by atoms with Crippen LogP contribution in [0.2, 0.25) is 0 Å². The van der Waals surface area contributed by atoms with Crippen molar-refractivity contribution in [3.05, 3.63) is 29.8 Å². The Morgan fingerprint density at radius 1 is 1.24 bits per heavy atom. The average molecular weight is 406 g/mol. The third-order valence-electron chi connectivity index (χ3n) is 4.66. The van der Waals surface area contributed by atoms with Crippen LogP contribution in [0.5, 0.6) is 5.75 Å². The lowest BCUT2D eigenvalue weighted by Gasteiger charge is -2.25. The topological polar surface area (TPSA) is 162 Å². The van der Waals surface area contributed by atoms with Crippen LogP contribution in [0, 0.1) is 0 Å². The predicted octanol–water partition coefficient (Wildman–Crippen LogP) is -1.04. The maximum absolute atomic E-state index is 12.4. The molecular weight excluding hydrogens is 380 g/mol. The van der Waals surface area contributed by atoms with Gasteiger partial charge in [0.15, 0.2) is 0 Å². The van der Waals surface area contributed by atoms with E-state index in [1.54, 1.807) is 19.1 Å². The Labute approximate surface area is 168 Å². The maximum Gasteiger partial charge on any atom is 0.326 e. The quantitative estimate of drug-likeness (QED) is 0.368. The van der Waals surface area contributed by atoms with Crippen molar-refractivity contribution in [2.24, 2.45) is 5.73 Å². The molecule has 1 aliphatic rings. The van der Waals surface area contributed by atoms with Crippen molar-refractivity contribution in [2.75, 3.05) is 13.1 Å². The molecule has 10 heteroatoms. The van der Waals surface area contributed by atoms with Gasteiger partial charge >= 0.3 is 5.97 Å². The summed E-state index contributed by atoms with van der Waals surface area (Å²) in [4.78, 5) is 49.4. The van der Waals surface area contributed by atoms with Gasteiger partial charge in [0.2, 0.25) is 17.7 Å². The molecule has 1 aromatic carbocycles. The van der Waals surface area contributed by atoms with E-state index in [9.17, 15) is 29.4 Å². The molecule has 10 nitrogen and oxygen atoms in total. The van der Waals surface area contributed by atoms with Crippen molar-refractivity contribution in [1.29, 1.82) is 0 Å². The number of carboxylic acid groups (broad SMARTS) is 1. The summed E-state index contributed by atoms with van der Waals surface area (Å²) in [5.74, 6) is -2.63. The minimum absolute atomic E-state index is 0.0224. The molecule has 6 N–H and O–H groups in total.